The number of amides is 3. The summed E-state index contributed by atoms with van der Waals surface area (Å²) in [7, 11) is 3.36. The van der Waals surface area contributed by atoms with Crippen molar-refractivity contribution in [2.75, 3.05) is 58.6 Å². The number of carbonyl (C=O) groups excluding carboxylic acids is 4. The second-order valence-corrected chi connectivity index (χ2v) is 12.4. The fourth-order valence-electron chi connectivity index (χ4n) is 5.46. The summed E-state index contributed by atoms with van der Waals surface area (Å²) < 4.78 is 17.6. The lowest BCUT2D eigenvalue weighted by molar-refractivity contribution is -0.125. The predicted molar refractivity (Wildman–Crippen MR) is 192 cm³/mol. The minimum Gasteiger partial charge on any atom is -0.448 e. The molecule has 4 rings (SSSR count). The first kappa shape index (κ1) is 37.9. The van der Waals surface area contributed by atoms with Crippen molar-refractivity contribution >= 4 is 50.0 Å². The van der Waals surface area contributed by atoms with E-state index in [-0.39, 0.29) is 54.2 Å². The summed E-state index contributed by atoms with van der Waals surface area (Å²) in [6, 6.07) is 15.1. The molecule has 0 spiro atoms. The van der Waals surface area contributed by atoms with Gasteiger partial charge in [0.15, 0.2) is 0 Å². The third kappa shape index (κ3) is 11.0. The Hall–Kier alpha value is -3.93. The SMILES string of the molecule is CNC(CCCCNC(=O)OCCn1nnc2c1-c1ccccc1CN(C(=O)CCC(=O)NCCOCCOC)c1ccccc1-2)C(=O)I. The van der Waals surface area contributed by atoms with E-state index in [1.165, 1.54) is 0 Å². The number of benzene rings is 2. The van der Waals surface area contributed by atoms with E-state index < -0.39 is 6.09 Å². The number of para-hydroxylation sites is 1. The Bertz CT molecular complexity index is 1570. The number of ether oxygens (including phenoxy) is 3. The quantitative estimate of drug-likeness (QED) is 0.0931. The maximum atomic E-state index is 13.7. The molecule has 0 saturated carbocycles. The molecule has 0 radical (unpaired) electrons. The molecule has 1 unspecified atom stereocenters. The molecule has 0 aliphatic carbocycles. The highest BCUT2D eigenvalue weighted by Gasteiger charge is 2.29. The summed E-state index contributed by atoms with van der Waals surface area (Å²) in [4.78, 5) is 51.8. The zero-order valence-corrected chi connectivity index (χ0v) is 30.1. The summed E-state index contributed by atoms with van der Waals surface area (Å²) in [6.45, 7) is 2.71. The van der Waals surface area contributed by atoms with Gasteiger partial charge < -0.3 is 35.1 Å². The van der Waals surface area contributed by atoms with Gasteiger partial charge in [-0.25, -0.2) is 9.48 Å². The number of alkyl carbamates (subject to hydrolysis) is 1. The number of hydrogen-bond acceptors (Lipinski definition) is 10. The molecule has 264 valence electrons. The third-order valence-electron chi connectivity index (χ3n) is 8.00. The number of rotatable bonds is 19. The fraction of sp³-hybridized carbons (Fsp3) is 0.471. The number of likely N-dealkylation sites (N-methyl/N-ethyl adjacent to an activating group) is 1. The van der Waals surface area contributed by atoms with Crippen molar-refractivity contribution in [1.29, 1.82) is 0 Å². The van der Waals surface area contributed by atoms with E-state index in [2.05, 4.69) is 26.3 Å². The van der Waals surface area contributed by atoms with Gasteiger partial charge in [0, 0.05) is 66.8 Å². The average Bonchev–Trinajstić information content (AvgIpc) is 3.51. The van der Waals surface area contributed by atoms with Crippen LogP contribution in [-0.4, -0.2) is 96.4 Å². The molecule has 2 aromatic carbocycles. The molecule has 49 heavy (non-hydrogen) atoms. The van der Waals surface area contributed by atoms with Crippen LogP contribution in [0.25, 0.3) is 22.5 Å². The van der Waals surface area contributed by atoms with E-state index in [9.17, 15) is 19.2 Å². The van der Waals surface area contributed by atoms with E-state index in [0.717, 1.165) is 35.2 Å². The van der Waals surface area contributed by atoms with Gasteiger partial charge in [0.2, 0.25) is 15.6 Å². The smallest absolute Gasteiger partial charge is 0.407 e. The molecule has 3 amide bonds. The Balaban J connectivity index is 1.40. The second kappa shape index (κ2) is 19.9. The van der Waals surface area contributed by atoms with Gasteiger partial charge in [-0.15, -0.1) is 5.10 Å². The van der Waals surface area contributed by atoms with Crippen molar-refractivity contribution < 1.29 is 33.4 Å². The van der Waals surface area contributed by atoms with Crippen LogP contribution in [0.15, 0.2) is 48.5 Å². The Morgan fingerprint density at radius 3 is 2.47 bits per heavy atom. The molecule has 1 atom stereocenters. The van der Waals surface area contributed by atoms with Gasteiger partial charge in [0.1, 0.15) is 12.3 Å². The average molecular weight is 790 g/mol. The number of aromatic nitrogens is 3. The van der Waals surface area contributed by atoms with Crippen molar-refractivity contribution in [3.8, 4) is 22.5 Å². The van der Waals surface area contributed by atoms with E-state index in [1.807, 2.05) is 48.5 Å². The molecule has 0 saturated heterocycles. The van der Waals surface area contributed by atoms with Crippen LogP contribution >= 0.6 is 22.6 Å². The number of nitrogens with zero attached hydrogens (tertiary/aromatic N) is 4. The highest BCUT2D eigenvalue weighted by atomic mass is 127. The molecule has 0 fully saturated rings. The number of hydrogen-bond donors (Lipinski definition) is 3. The normalized spacial score (nSPS) is 12.5. The van der Waals surface area contributed by atoms with Crippen LogP contribution in [-0.2, 0) is 41.7 Å². The van der Waals surface area contributed by atoms with Gasteiger partial charge in [-0.2, -0.15) is 0 Å². The standard InChI is InChI=1S/C34H44IN7O7/c1-36-27(33(35)45)12-7-8-16-38-34(46)49-20-18-42-32-25-10-4-3-9-24(25)23-41(28-13-6-5-11-26(28)31(32)39-40-42)30(44)15-14-29(43)37-17-19-48-22-21-47-2/h3-6,9-11,13,27,36H,7-8,12,14-23H2,1-2H3,(H,37,43)(H,38,46). The van der Waals surface area contributed by atoms with Crippen LogP contribution in [0.5, 0.6) is 0 Å². The monoisotopic (exact) mass is 789 g/mol. The number of unbranched alkanes of at least 4 members (excludes halogenated alkanes) is 1. The molecule has 3 aromatic rings. The Labute approximate surface area is 299 Å². The van der Waals surface area contributed by atoms with Crippen LogP contribution in [0.2, 0.25) is 0 Å². The minimum absolute atomic E-state index is 0.0282. The maximum Gasteiger partial charge on any atom is 0.407 e. The molecule has 1 aliphatic rings. The number of carbonyl (C=O) groups is 4. The lowest BCUT2D eigenvalue weighted by atomic mass is 9.95. The van der Waals surface area contributed by atoms with Crippen molar-refractivity contribution in [3.05, 3.63) is 54.1 Å². The summed E-state index contributed by atoms with van der Waals surface area (Å²) in [6.07, 6.45) is 1.76. The lowest BCUT2D eigenvalue weighted by Gasteiger charge is -2.28. The minimum atomic E-state index is -0.526. The first-order valence-corrected chi connectivity index (χ1v) is 17.4. The first-order valence-electron chi connectivity index (χ1n) is 16.4. The van der Waals surface area contributed by atoms with Crippen molar-refractivity contribution in [2.45, 2.75) is 51.2 Å². The molecule has 2 heterocycles. The van der Waals surface area contributed by atoms with E-state index in [1.54, 1.807) is 46.3 Å². The van der Waals surface area contributed by atoms with Gasteiger partial charge >= 0.3 is 6.09 Å². The van der Waals surface area contributed by atoms with Gasteiger partial charge in [-0.3, -0.25) is 14.4 Å². The van der Waals surface area contributed by atoms with Gasteiger partial charge in [-0.05, 0) is 37.9 Å². The van der Waals surface area contributed by atoms with E-state index in [0.29, 0.717) is 50.7 Å². The zero-order valence-electron chi connectivity index (χ0n) is 27.9. The Kier molecular flexibility index (Phi) is 15.4. The van der Waals surface area contributed by atoms with Crippen molar-refractivity contribution in [2.24, 2.45) is 0 Å². The van der Waals surface area contributed by atoms with Crippen molar-refractivity contribution in [1.82, 2.24) is 30.9 Å². The van der Waals surface area contributed by atoms with Crippen LogP contribution in [0.3, 0.4) is 0 Å². The number of halogens is 1. The van der Waals surface area contributed by atoms with Crippen LogP contribution in [0.1, 0.15) is 37.7 Å². The fourth-order valence-corrected chi connectivity index (χ4v) is 6.08. The van der Waals surface area contributed by atoms with Crippen LogP contribution < -0.4 is 20.9 Å². The second-order valence-electron chi connectivity index (χ2n) is 11.3. The molecular formula is C34H44IN7O7. The van der Waals surface area contributed by atoms with Gasteiger partial charge in [0.05, 0.1) is 50.3 Å². The number of fused-ring (bicyclic) bond motifs is 5. The van der Waals surface area contributed by atoms with E-state index >= 15 is 0 Å². The van der Waals surface area contributed by atoms with Gasteiger partial charge in [-0.1, -0.05) is 47.7 Å². The summed E-state index contributed by atoms with van der Waals surface area (Å²) in [5.74, 6) is -0.415. The molecular weight excluding hydrogens is 745 g/mol. The largest absolute Gasteiger partial charge is 0.448 e. The Morgan fingerprint density at radius 2 is 1.69 bits per heavy atom. The maximum absolute atomic E-state index is 13.7. The topological polar surface area (TPSA) is 166 Å². The molecule has 3 N–H and O–H groups in total. The molecule has 1 aromatic heterocycles. The highest BCUT2D eigenvalue weighted by Crippen LogP contribution is 2.41. The lowest BCUT2D eigenvalue weighted by Crippen LogP contribution is -2.34. The molecule has 1 aliphatic heterocycles. The summed E-state index contributed by atoms with van der Waals surface area (Å²) in [5, 5.41) is 17.5. The van der Waals surface area contributed by atoms with Crippen molar-refractivity contribution in [3.63, 3.8) is 0 Å². The molecule has 14 nitrogen and oxygen atoms in total. The molecule has 0 bridgehead atoms. The first-order chi connectivity index (χ1) is 23.8. The Morgan fingerprint density at radius 1 is 0.918 bits per heavy atom. The van der Waals surface area contributed by atoms with Gasteiger partial charge in [0.25, 0.3) is 0 Å². The number of methoxy groups -OCH3 is 1. The molecule has 15 heteroatoms. The number of nitrogens with one attached hydrogen (secondary N) is 3. The van der Waals surface area contributed by atoms with Crippen LogP contribution in [0.4, 0.5) is 10.5 Å². The third-order valence-corrected chi connectivity index (χ3v) is 8.75. The summed E-state index contributed by atoms with van der Waals surface area (Å²) in [5.41, 5.74) is 4.50. The predicted octanol–water partition coefficient (Wildman–Crippen LogP) is 3.46. The summed E-state index contributed by atoms with van der Waals surface area (Å²) >= 11 is 1.79. The highest BCUT2D eigenvalue weighted by molar-refractivity contribution is 14.1. The zero-order chi connectivity index (χ0) is 35.0. The van der Waals surface area contributed by atoms with E-state index in [4.69, 9.17) is 14.2 Å². The van der Waals surface area contributed by atoms with Crippen LogP contribution in [0, 0.1) is 0 Å². The number of anilines is 1.